The normalized spacial score (nSPS) is 34.9. The zero-order valence-electron chi connectivity index (χ0n) is 9.50. The van der Waals surface area contributed by atoms with Gasteiger partial charge in [0.2, 0.25) is 0 Å². The minimum absolute atomic E-state index is 0.417. The Bertz CT molecular complexity index is 275. The number of ether oxygens (including phenoxy) is 2. The van der Waals surface area contributed by atoms with Gasteiger partial charge in [0.25, 0.3) is 0 Å². The molecular weight excluding hydrogens is 208 g/mol. The van der Waals surface area contributed by atoms with Crippen molar-refractivity contribution < 1.29 is 14.6 Å². The van der Waals surface area contributed by atoms with Crippen molar-refractivity contribution in [1.29, 1.82) is 0 Å². The van der Waals surface area contributed by atoms with Crippen LogP contribution in [0.15, 0.2) is 0 Å². The molecule has 0 bridgehead atoms. The average molecular weight is 228 g/mol. The van der Waals surface area contributed by atoms with Gasteiger partial charge in [-0.3, -0.25) is 0 Å². The van der Waals surface area contributed by atoms with Crippen molar-refractivity contribution in [2.45, 2.75) is 42.6 Å². The fourth-order valence-electron chi connectivity index (χ4n) is 3.05. The van der Waals surface area contributed by atoms with E-state index in [2.05, 4.69) is 5.32 Å². The zero-order chi connectivity index (χ0) is 11.3. The summed E-state index contributed by atoms with van der Waals surface area (Å²) in [7, 11) is 0. The van der Waals surface area contributed by atoms with Crippen LogP contribution in [0.5, 0.6) is 0 Å². The smallest absolute Gasteiger partial charge is 0.168 e. The second-order valence-corrected chi connectivity index (χ2v) is 5.40. The molecule has 5 nitrogen and oxygen atoms in total. The maximum atomic E-state index is 10.6. The molecule has 3 aliphatic rings. The lowest BCUT2D eigenvalue weighted by Gasteiger charge is -2.54. The number of nitrogens with one attached hydrogen (secondary N) is 1. The molecule has 0 atom stereocenters. The van der Waals surface area contributed by atoms with Gasteiger partial charge in [-0.1, -0.05) is 0 Å². The summed E-state index contributed by atoms with van der Waals surface area (Å²) in [6, 6.07) is 0. The third-order valence-corrected chi connectivity index (χ3v) is 4.46. The quantitative estimate of drug-likeness (QED) is 0.555. The molecule has 0 unspecified atom stereocenters. The summed E-state index contributed by atoms with van der Waals surface area (Å²) in [5.41, 5.74) is 5.00. The first-order chi connectivity index (χ1) is 7.58. The van der Waals surface area contributed by atoms with Gasteiger partial charge in [0, 0.05) is 25.9 Å². The molecule has 0 aromatic carbocycles. The van der Waals surface area contributed by atoms with Crippen LogP contribution in [0.3, 0.4) is 0 Å². The minimum atomic E-state index is -0.751. The van der Waals surface area contributed by atoms with Crippen molar-refractivity contribution >= 4 is 0 Å². The van der Waals surface area contributed by atoms with Gasteiger partial charge in [0.05, 0.1) is 24.4 Å². The maximum absolute atomic E-state index is 10.6. The van der Waals surface area contributed by atoms with Crippen LogP contribution >= 0.6 is 0 Å². The molecule has 16 heavy (non-hydrogen) atoms. The monoisotopic (exact) mass is 228 g/mol. The summed E-state index contributed by atoms with van der Waals surface area (Å²) in [4.78, 5) is 0. The highest BCUT2D eigenvalue weighted by Gasteiger charge is 2.56. The Hall–Kier alpha value is -0.200. The summed E-state index contributed by atoms with van der Waals surface area (Å²) in [6.45, 7) is 2.76. The molecule has 3 fully saturated rings. The Morgan fingerprint density at radius 3 is 2.00 bits per heavy atom. The lowest BCUT2D eigenvalue weighted by Crippen LogP contribution is -2.78. The molecule has 2 heterocycles. The number of nitrogens with two attached hydrogens (primary N) is 1. The van der Waals surface area contributed by atoms with Gasteiger partial charge in [-0.25, -0.2) is 0 Å². The predicted molar refractivity (Wildman–Crippen MR) is 57.8 cm³/mol. The largest absolute Gasteiger partial charge is 0.388 e. The Labute approximate surface area is 95.3 Å². The van der Waals surface area contributed by atoms with E-state index in [0.717, 1.165) is 12.8 Å². The summed E-state index contributed by atoms with van der Waals surface area (Å²) in [6.07, 6.45) is 2.85. The second-order valence-electron chi connectivity index (χ2n) is 5.40. The van der Waals surface area contributed by atoms with E-state index in [0.29, 0.717) is 39.1 Å². The first kappa shape index (κ1) is 10.9. The fourth-order valence-corrected chi connectivity index (χ4v) is 3.05. The molecule has 2 saturated heterocycles. The summed E-state index contributed by atoms with van der Waals surface area (Å²) in [5, 5.41) is 13.8. The molecular formula is C11H20N2O3. The molecule has 92 valence electrons. The van der Waals surface area contributed by atoms with E-state index in [9.17, 15) is 5.11 Å². The Balaban J connectivity index is 1.69. The highest BCUT2D eigenvalue weighted by Crippen LogP contribution is 2.44. The summed E-state index contributed by atoms with van der Waals surface area (Å²) < 4.78 is 11.3. The minimum Gasteiger partial charge on any atom is -0.388 e. The number of hydrogen-bond donors (Lipinski definition) is 3. The van der Waals surface area contributed by atoms with Crippen molar-refractivity contribution in [2.75, 3.05) is 26.3 Å². The number of aliphatic hydroxyl groups is 1. The Morgan fingerprint density at radius 2 is 1.56 bits per heavy atom. The highest BCUT2D eigenvalue weighted by molar-refractivity contribution is 5.14. The van der Waals surface area contributed by atoms with E-state index in [4.69, 9.17) is 15.2 Å². The van der Waals surface area contributed by atoms with E-state index >= 15 is 0 Å². The van der Waals surface area contributed by atoms with Crippen molar-refractivity contribution in [3.05, 3.63) is 0 Å². The Kier molecular flexibility index (Phi) is 2.32. The van der Waals surface area contributed by atoms with Crippen LogP contribution in [0.4, 0.5) is 0 Å². The molecule has 0 radical (unpaired) electrons. The van der Waals surface area contributed by atoms with E-state index < -0.39 is 16.9 Å². The SMILES string of the molecule is NC1(C2(O)CCC3(CC2)OCCO3)CNC1. The molecule has 0 aromatic heterocycles. The van der Waals surface area contributed by atoms with Gasteiger partial charge < -0.3 is 25.6 Å². The fraction of sp³-hybridized carbons (Fsp3) is 1.00. The van der Waals surface area contributed by atoms with Crippen molar-refractivity contribution in [3.8, 4) is 0 Å². The van der Waals surface area contributed by atoms with Gasteiger partial charge in [-0.05, 0) is 12.8 Å². The van der Waals surface area contributed by atoms with Crippen LogP contribution in [-0.2, 0) is 9.47 Å². The number of rotatable bonds is 1. The van der Waals surface area contributed by atoms with E-state index in [1.165, 1.54) is 0 Å². The van der Waals surface area contributed by atoms with Crippen LogP contribution in [0.25, 0.3) is 0 Å². The Morgan fingerprint density at radius 1 is 1.00 bits per heavy atom. The van der Waals surface area contributed by atoms with Gasteiger partial charge in [-0.2, -0.15) is 0 Å². The van der Waals surface area contributed by atoms with Crippen LogP contribution in [-0.4, -0.2) is 48.3 Å². The topological polar surface area (TPSA) is 76.7 Å². The van der Waals surface area contributed by atoms with Crippen molar-refractivity contribution in [3.63, 3.8) is 0 Å². The molecule has 0 aromatic rings. The van der Waals surface area contributed by atoms with Gasteiger partial charge in [0.1, 0.15) is 0 Å². The summed E-state index contributed by atoms with van der Waals surface area (Å²) in [5.74, 6) is -0.417. The molecule has 2 aliphatic heterocycles. The third-order valence-electron chi connectivity index (χ3n) is 4.46. The summed E-state index contributed by atoms with van der Waals surface area (Å²) >= 11 is 0. The lowest BCUT2D eigenvalue weighted by atomic mass is 9.67. The third kappa shape index (κ3) is 1.43. The van der Waals surface area contributed by atoms with Gasteiger partial charge in [0.15, 0.2) is 5.79 Å². The second kappa shape index (κ2) is 3.40. The molecule has 0 amide bonds. The maximum Gasteiger partial charge on any atom is 0.168 e. The standard InChI is InChI=1S/C11H20N2O3/c12-9(7-13-8-9)10(14)1-3-11(4-2-10)15-5-6-16-11/h13-14H,1-8,12H2. The van der Waals surface area contributed by atoms with E-state index in [1.54, 1.807) is 0 Å². The highest BCUT2D eigenvalue weighted by atomic mass is 16.7. The van der Waals surface area contributed by atoms with E-state index in [-0.39, 0.29) is 0 Å². The molecule has 3 rings (SSSR count). The predicted octanol–water partition coefficient (Wildman–Crippen LogP) is -0.665. The van der Waals surface area contributed by atoms with Gasteiger partial charge in [-0.15, -0.1) is 0 Å². The average Bonchev–Trinajstić information content (AvgIpc) is 2.69. The lowest BCUT2D eigenvalue weighted by molar-refractivity contribution is -0.215. The molecule has 1 spiro atoms. The zero-order valence-corrected chi connectivity index (χ0v) is 9.50. The first-order valence-electron chi connectivity index (χ1n) is 6.08. The van der Waals surface area contributed by atoms with Gasteiger partial charge >= 0.3 is 0 Å². The first-order valence-corrected chi connectivity index (χ1v) is 6.08. The molecule has 1 aliphatic carbocycles. The van der Waals surface area contributed by atoms with Crippen LogP contribution in [0.1, 0.15) is 25.7 Å². The molecule has 5 heteroatoms. The van der Waals surface area contributed by atoms with Crippen LogP contribution in [0.2, 0.25) is 0 Å². The van der Waals surface area contributed by atoms with Crippen molar-refractivity contribution in [1.82, 2.24) is 5.32 Å². The number of hydrogen-bond acceptors (Lipinski definition) is 5. The molecule has 1 saturated carbocycles. The molecule has 4 N–H and O–H groups in total. The van der Waals surface area contributed by atoms with Crippen LogP contribution < -0.4 is 11.1 Å². The van der Waals surface area contributed by atoms with E-state index in [1.807, 2.05) is 0 Å². The van der Waals surface area contributed by atoms with Crippen molar-refractivity contribution in [2.24, 2.45) is 5.73 Å². The van der Waals surface area contributed by atoms with Crippen LogP contribution in [0, 0.1) is 0 Å².